The Hall–Kier alpha value is -2.33. The SMILES string of the molecule is C[C@@H](N)C(=O)NCCc1ccc(OCc2ccccc2)cc1. The number of ether oxygens (including phenoxy) is 1. The quantitative estimate of drug-likeness (QED) is 0.824. The molecule has 1 atom stereocenters. The van der Waals surface area contributed by atoms with Gasteiger partial charge in [0.05, 0.1) is 6.04 Å². The Labute approximate surface area is 131 Å². The molecule has 2 aromatic rings. The fourth-order valence-corrected chi connectivity index (χ4v) is 1.98. The molecule has 0 saturated carbocycles. The van der Waals surface area contributed by atoms with Crippen LogP contribution in [0, 0.1) is 0 Å². The van der Waals surface area contributed by atoms with Crippen LogP contribution in [0.15, 0.2) is 54.6 Å². The maximum absolute atomic E-state index is 11.4. The molecule has 116 valence electrons. The summed E-state index contributed by atoms with van der Waals surface area (Å²) in [5.74, 6) is 0.718. The summed E-state index contributed by atoms with van der Waals surface area (Å²) in [6.45, 7) is 2.82. The zero-order chi connectivity index (χ0) is 15.8. The van der Waals surface area contributed by atoms with Gasteiger partial charge in [-0.25, -0.2) is 0 Å². The Morgan fingerprint density at radius 1 is 1.09 bits per heavy atom. The summed E-state index contributed by atoms with van der Waals surface area (Å²) < 4.78 is 5.73. The van der Waals surface area contributed by atoms with E-state index in [1.54, 1.807) is 6.92 Å². The zero-order valence-corrected chi connectivity index (χ0v) is 12.8. The van der Waals surface area contributed by atoms with E-state index in [-0.39, 0.29) is 5.91 Å². The highest BCUT2D eigenvalue weighted by Crippen LogP contribution is 2.14. The molecule has 2 aromatic carbocycles. The standard InChI is InChI=1S/C18H22N2O2/c1-14(19)18(21)20-12-11-15-7-9-17(10-8-15)22-13-16-5-3-2-4-6-16/h2-10,14H,11-13,19H2,1H3,(H,20,21)/t14-/m1/s1. The van der Waals surface area contributed by atoms with Crippen LogP contribution < -0.4 is 15.8 Å². The zero-order valence-electron chi connectivity index (χ0n) is 12.8. The van der Waals surface area contributed by atoms with Gasteiger partial charge in [0, 0.05) is 6.54 Å². The Morgan fingerprint density at radius 3 is 2.41 bits per heavy atom. The van der Waals surface area contributed by atoms with Gasteiger partial charge in [-0.15, -0.1) is 0 Å². The maximum atomic E-state index is 11.4. The molecule has 0 aliphatic rings. The Kier molecular flexibility index (Phi) is 5.98. The second-order valence-electron chi connectivity index (χ2n) is 5.25. The van der Waals surface area contributed by atoms with Crippen molar-refractivity contribution < 1.29 is 9.53 Å². The van der Waals surface area contributed by atoms with Crippen molar-refractivity contribution in [1.29, 1.82) is 0 Å². The Morgan fingerprint density at radius 2 is 1.77 bits per heavy atom. The van der Waals surface area contributed by atoms with Crippen LogP contribution >= 0.6 is 0 Å². The van der Waals surface area contributed by atoms with Gasteiger partial charge >= 0.3 is 0 Å². The highest BCUT2D eigenvalue weighted by atomic mass is 16.5. The first kappa shape index (κ1) is 16.0. The van der Waals surface area contributed by atoms with E-state index < -0.39 is 6.04 Å². The fourth-order valence-electron chi connectivity index (χ4n) is 1.98. The van der Waals surface area contributed by atoms with E-state index in [0.29, 0.717) is 13.2 Å². The summed E-state index contributed by atoms with van der Waals surface area (Å²) in [6.07, 6.45) is 0.775. The third-order valence-corrected chi connectivity index (χ3v) is 3.30. The molecular formula is C18H22N2O2. The molecule has 3 N–H and O–H groups in total. The lowest BCUT2D eigenvalue weighted by molar-refractivity contribution is -0.121. The lowest BCUT2D eigenvalue weighted by Gasteiger charge is -2.09. The normalized spacial score (nSPS) is 11.7. The third-order valence-electron chi connectivity index (χ3n) is 3.30. The second kappa shape index (κ2) is 8.20. The molecule has 2 rings (SSSR count). The van der Waals surface area contributed by atoms with Crippen molar-refractivity contribution in [2.24, 2.45) is 5.73 Å². The van der Waals surface area contributed by atoms with Crippen LogP contribution in [0.3, 0.4) is 0 Å². The molecular weight excluding hydrogens is 276 g/mol. The van der Waals surface area contributed by atoms with Gasteiger partial charge in [0.15, 0.2) is 0 Å². The molecule has 0 aromatic heterocycles. The van der Waals surface area contributed by atoms with Crippen LogP contribution in [0.4, 0.5) is 0 Å². The molecule has 0 aliphatic heterocycles. The fraction of sp³-hybridized carbons (Fsp3) is 0.278. The number of carbonyl (C=O) groups is 1. The minimum Gasteiger partial charge on any atom is -0.489 e. The summed E-state index contributed by atoms with van der Waals surface area (Å²) in [4.78, 5) is 11.4. The van der Waals surface area contributed by atoms with Gasteiger partial charge in [0.2, 0.25) is 5.91 Å². The number of hydrogen-bond acceptors (Lipinski definition) is 3. The van der Waals surface area contributed by atoms with Crippen LogP contribution in [-0.4, -0.2) is 18.5 Å². The van der Waals surface area contributed by atoms with Crippen LogP contribution in [0.5, 0.6) is 5.75 Å². The van der Waals surface area contributed by atoms with Crippen molar-refractivity contribution in [3.8, 4) is 5.75 Å². The van der Waals surface area contributed by atoms with Crippen LogP contribution in [-0.2, 0) is 17.8 Å². The first-order valence-corrected chi connectivity index (χ1v) is 7.44. The van der Waals surface area contributed by atoms with Gasteiger partial charge in [-0.2, -0.15) is 0 Å². The van der Waals surface area contributed by atoms with E-state index in [4.69, 9.17) is 10.5 Å². The number of carbonyl (C=O) groups excluding carboxylic acids is 1. The van der Waals surface area contributed by atoms with Crippen molar-refractivity contribution >= 4 is 5.91 Å². The van der Waals surface area contributed by atoms with Gasteiger partial charge in [-0.1, -0.05) is 42.5 Å². The number of rotatable bonds is 7. The molecule has 0 heterocycles. The minimum atomic E-state index is -0.464. The summed E-state index contributed by atoms with van der Waals surface area (Å²) in [7, 11) is 0. The minimum absolute atomic E-state index is 0.122. The van der Waals surface area contributed by atoms with E-state index in [2.05, 4.69) is 5.32 Å². The molecule has 0 radical (unpaired) electrons. The van der Waals surface area contributed by atoms with E-state index in [1.165, 1.54) is 0 Å². The number of nitrogens with one attached hydrogen (secondary N) is 1. The Balaban J connectivity index is 1.77. The summed E-state index contributed by atoms with van der Waals surface area (Å²) >= 11 is 0. The molecule has 1 amide bonds. The van der Waals surface area contributed by atoms with Crippen molar-refractivity contribution in [2.75, 3.05) is 6.54 Å². The summed E-state index contributed by atoms with van der Waals surface area (Å²) in [5.41, 5.74) is 7.78. The molecule has 0 unspecified atom stereocenters. The topological polar surface area (TPSA) is 64.4 Å². The average Bonchev–Trinajstić information content (AvgIpc) is 2.55. The number of hydrogen-bond donors (Lipinski definition) is 2. The smallest absolute Gasteiger partial charge is 0.236 e. The number of amides is 1. The van der Waals surface area contributed by atoms with Gasteiger partial charge in [-0.05, 0) is 36.6 Å². The lowest BCUT2D eigenvalue weighted by Crippen LogP contribution is -2.39. The predicted molar refractivity (Wildman–Crippen MR) is 87.6 cm³/mol. The molecule has 4 nitrogen and oxygen atoms in total. The molecule has 0 saturated heterocycles. The van der Waals surface area contributed by atoms with E-state index in [9.17, 15) is 4.79 Å². The van der Waals surface area contributed by atoms with Crippen LogP contribution in [0.2, 0.25) is 0 Å². The second-order valence-corrected chi connectivity index (χ2v) is 5.25. The molecule has 0 fully saturated rings. The van der Waals surface area contributed by atoms with E-state index >= 15 is 0 Å². The molecule has 0 aliphatic carbocycles. The largest absolute Gasteiger partial charge is 0.489 e. The van der Waals surface area contributed by atoms with Gasteiger partial charge in [-0.3, -0.25) is 4.79 Å². The van der Waals surface area contributed by atoms with E-state index in [1.807, 2.05) is 54.6 Å². The summed E-state index contributed by atoms with van der Waals surface area (Å²) in [5, 5.41) is 2.80. The van der Waals surface area contributed by atoms with Gasteiger partial charge in [0.1, 0.15) is 12.4 Å². The highest BCUT2D eigenvalue weighted by molar-refractivity contribution is 5.80. The van der Waals surface area contributed by atoms with Crippen molar-refractivity contribution in [3.63, 3.8) is 0 Å². The summed E-state index contributed by atoms with van der Waals surface area (Å²) in [6, 6.07) is 17.5. The predicted octanol–water partition coefficient (Wildman–Crippen LogP) is 2.27. The monoisotopic (exact) mass is 298 g/mol. The van der Waals surface area contributed by atoms with Crippen LogP contribution in [0.25, 0.3) is 0 Å². The van der Waals surface area contributed by atoms with Gasteiger partial charge in [0.25, 0.3) is 0 Å². The third kappa shape index (κ3) is 5.22. The van der Waals surface area contributed by atoms with Crippen molar-refractivity contribution in [2.45, 2.75) is 26.0 Å². The molecule has 0 spiro atoms. The molecule has 22 heavy (non-hydrogen) atoms. The van der Waals surface area contributed by atoms with E-state index in [0.717, 1.165) is 23.3 Å². The van der Waals surface area contributed by atoms with Crippen molar-refractivity contribution in [3.05, 3.63) is 65.7 Å². The van der Waals surface area contributed by atoms with Crippen molar-refractivity contribution in [1.82, 2.24) is 5.32 Å². The lowest BCUT2D eigenvalue weighted by atomic mass is 10.1. The van der Waals surface area contributed by atoms with Gasteiger partial charge < -0.3 is 15.8 Å². The molecule has 4 heteroatoms. The number of benzene rings is 2. The number of nitrogens with two attached hydrogens (primary N) is 1. The van der Waals surface area contributed by atoms with Crippen LogP contribution in [0.1, 0.15) is 18.1 Å². The maximum Gasteiger partial charge on any atom is 0.236 e. The molecule has 0 bridgehead atoms. The highest BCUT2D eigenvalue weighted by Gasteiger charge is 2.05. The first-order chi connectivity index (χ1) is 10.6. The Bertz CT molecular complexity index is 580. The average molecular weight is 298 g/mol. The first-order valence-electron chi connectivity index (χ1n) is 7.44.